The maximum Gasteiger partial charge on any atom is 0.459 e. The third-order valence-corrected chi connectivity index (χ3v) is 7.97. The first-order valence-electron chi connectivity index (χ1n) is 11.8. The van der Waals surface area contributed by atoms with Gasteiger partial charge in [0.1, 0.15) is 40.9 Å². The predicted molar refractivity (Wildman–Crippen MR) is 136 cm³/mol. The van der Waals surface area contributed by atoms with Crippen LogP contribution in [0.25, 0.3) is 11.0 Å². The van der Waals surface area contributed by atoms with Crippen molar-refractivity contribution in [2.75, 3.05) is 12.3 Å². The first kappa shape index (κ1) is 26.8. The van der Waals surface area contributed by atoms with E-state index in [1.54, 1.807) is 61.0 Å². The van der Waals surface area contributed by atoms with Gasteiger partial charge in [0.15, 0.2) is 12.0 Å². The molecule has 6 atom stereocenters. The first-order valence-corrected chi connectivity index (χ1v) is 13.7. The molecular weight excluding hydrogens is 541 g/mol. The zero-order valence-corrected chi connectivity index (χ0v) is 22.3. The van der Waals surface area contributed by atoms with E-state index in [2.05, 4.69) is 15.1 Å². The number of carboxylic acid groups (broad SMARTS) is 1. The lowest BCUT2D eigenvalue weighted by molar-refractivity contribution is -0.199. The van der Waals surface area contributed by atoms with Gasteiger partial charge in [-0.1, -0.05) is 29.8 Å². The largest absolute Gasteiger partial charge is 0.480 e. The van der Waals surface area contributed by atoms with Crippen molar-refractivity contribution in [3.63, 3.8) is 0 Å². The number of anilines is 1. The number of nitrogens with one attached hydrogen (secondary N) is 1. The predicted octanol–water partition coefficient (Wildman–Crippen LogP) is 3.35. The van der Waals surface area contributed by atoms with Gasteiger partial charge in [0.2, 0.25) is 5.95 Å². The molecule has 2 aromatic heterocycles. The fourth-order valence-corrected chi connectivity index (χ4v) is 6.15. The van der Waals surface area contributed by atoms with Gasteiger partial charge in [-0.05, 0) is 39.0 Å². The number of aliphatic carboxylic acids is 1. The quantitative estimate of drug-likeness (QED) is 0.255. The summed E-state index contributed by atoms with van der Waals surface area (Å²) >= 11 is 6.24. The number of nitrogens with zero attached hydrogens (tertiary/aromatic N) is 3. The summed E-state index contributed by atoms with van der Waals surface area (Å²) in [7, 11) is -4.17. The molecule has 0 aliphatic carbocycles. The minimum absolute atomic E-state index is 0.00146. The average molecular weight is 568 g/mol. The summed E-state index contributed by atoms with van der Waals surface area (Å²) in [6.07, 6.45) is -0.982. The molecule has 2 aliphatic rings. The number of rotatable bonds is 9. The highest BCUT2D eigenvalue weighted by Crippen LogP contribution is 2.48. The molecule has 2 aliphatic heterocycles. The molecule has 38 heavy (non-hydrogen) atoms. The lowest BCUT2D eigenvalue weighted by Crippen LogP contribution is -2.36. The molecule has 13 nitrogen and oxygen atoms in total. The Labute approximate surface area is 222 Å². The molecule has 0 unspecified atom stereocenters. The lowest BCUT2D eigenvalue weighted by atomic mass is 10.1. The number of hydrogen-bond donors (Lipinski definition) is 3. The van der Waals surface area contributed by atoms with Gasteiger partial charge >= 0.3 is 13.7 Å². The summed E-state index contributed by atoms with van der Waals surface area (Å²) in [5, 5.41) is 12.6. The molecule has 0 radical (unpaired) electrons. The van der Waals surface area contributed by atoms with Gasteiger partial charge in [0.25, 0.3) is 0 Å². The Balaban J connectivity index is 1.41. The van der Waals surface area contributed by atoms with Crippen LogP contribution in [0.3, 0.4) is 0 Å². The van der Waals surface area contributed by atoms with Crippen LogP contribution in [-0.4, -0.2) is 62.4 Å². The molecular formula is C23H27ClN5O8P. The lowest BCUT2D eigenvalue weighted by Gasteiger charge is -2.26. The SMILES string of the molecule is C[C@H](N[P@](=O)(OC[C@H]1O[C@@H](n2ccc3c(Cl)nc(N)nc32)[C@@H]2OC(C)(C)O[C@@H]21)Oc1ccccc1)C(=O)O. The molecule has 0 amide bonds. The number of para-hydroxylation sites is 1. The van der Waals surface area contributed by atoms with E-state index < -0.39 is 50.1 Å². The van der Waals surface area contributed by atoms with Crippen LogP contribution in [-0.2, 0) is 28.1 Å². The Morgan fingerprint density at radius 1 is 1.26 bits per heavy atom. The minimum Gasteiger partial charge on any atom is -0.480 e. The zero-order valence-electron chi connectivity index (χ0n) is 20.7. The molecule has 5 rings (SSSR count). The Morgan fingerprint density at radius 3 is 2.68 bits per heavy atom. The minimum atomic E-state index is -4.17. The third kappa shape index (κ3) is 5.36. The van der Waals surface area contributed by atoms with E-state index in [-0.39, 0.29) is 23.5 Å². The highest BCUT2D eigenvalue weighted by molar-refractivity contribution is 7.52. The summed E-state index contributed by atoms with van der Waals surface area (Å²) in [4.78, 5) is 19.7. The number of halogens is 1. The van der Waals surface area contributed by atoms with Gasteiger partial charge in [0.05, 0.1) is 12.0 Å². The maximum atomic E-state index is 13.6. The summed E-state index contributed by atoms with van der Waals surface area (Å²) in [6, 6.07) is 8.80. The van der Waals surface area contributed by atoms with E-state index in [1.165, 1.54) is 6.92 Å². The van der Waals surface area contributed by atoms with Crippen LogP contribution >= 0.6 is 19.3 Å². The number of carbonyl (C=O) groups is 1. The van der Waals surface area contributed by atoms with Gasteiger partial charge < -0.3 is 34.1 Å². The van der Waals surface area contributed by atoms with Crippen LogP contribution in [0.15, 0.2) is 42.6 Å². The van der Waals surface area contributed by atoms with E-state index in [1.807, 2.05) is 0 Å². The number of fused-ring (bicyclic) bond motifs is 2. The summed E-state index contributed by atoms with van der Waals surface area (Å²) in [5.74, 6) is -1.93. The Hall–Kier alpha value is -2.77. The third-order valence-electron chi connectivity index (χ3n) is 6.04. The smallest absolute Gasteiger partial charge is 0.459 e. The number of carboxylic acids is 1. The molecule has 1 aromatic carbocycles. The van der Waals surface area contributed by atoms with Crippen molar-refractivity contribution >= 4 is 42.3 Å². The van der Waals surface area contributed by atoms with E-state index in [0.29, 0.717) is 11.0 Å². The molecule has 0 saturated carbocycles. The highest BCUT2D eigenvalue weighted by atomic mass is 35.5. The van der Waals surface area contributed by atoms with E-state index in [9.17, 15) is 14.5 Å². The fourth-order valence-electron chi connectivity index (χ4n) is 4.41. The van der Waals surface area contributed by atoms with E-state index in [0.717, 1.165) is 0 Å². The summed E-state index contributed by atoms with van der Waals surface area (Å²) in [6.45, 7) is 4.60. The van der Waals surface area contributed by atoms with Crippen LogP contribution in [0.4, 0.5) is 5.95 Å². The monoisotopic (exact) mass is 567 g/mol. The van der Waals surface area contributed by atoms with Crippen LogP contribution in [0.5, 0.6) is 5.75 Å². The molecule has 3 aromatic rings. The molecule has 0 spiro atoms. The summed E-state index contributed by atoms with van der Waals surface area (Å²) in [5.41, 5.74) is 6.26. The van der Waals surface area contributed by atoms with Crippen molar-refractivity contribution < 1.29 is 37.7 Å². The van der Waals surface area contributed by atoms with Gasteiger partial charge in [-0.3, -0.25) is 9.32 Å². The number of aromatic nitrogens is 3. The number of ether oxygens (including phenoxy) is 3. The van der Waals surface area contributed by atoms with Crippen molar-refractivity contribution in [2.24, 2.45) is 0 Å². The van der Waals surface area contributed by atoms with Crippen molar-refractivity contribution in [1.82, 2.24) is 19.6 Å². The number of nitrogens with two attached hydrogens (primary N) is 1. The topological polar surface area (TPSA) is 169 Å². The van der Waals surface area contributed by atoms with Gasteiger partial charge in [-0.2, -0.15) is 10.1 Å². The fraction of sp³-hybridized carbons (Fsp3) is 0.435. The molecule has 0 bridgehead atoms. The second kappa shape index (κ2) is 10.1. The van der Waals surface area contributed by atoms with Gasteiger partial charge in [-0.15, -0.1) is 0 Å². The molecule has 2 fully saturated rings. The normalized spacial score (nSPS) is 26.6. The highest BCUT2D eigenvalue weighted by Gasteiger charge is 2.56. The second-order valence-corrected chi connectivity index (χ2v) is 11.4. The van der Waals surface area contributed by atoms with Crippen molar-refractivity contribution in [3.8, 4) is 5.75 Å². The maximum absolute atomic E-state index is 13.6. The molecule has 204 valence electrons. The Morgan fingerprint density at radius 2 is 1.97 bits per heavy atom. The molecule has 2 saturated heterocycles. The number of benzene rings is 1. The first-order chi connectivity index (χ1) is 17.9. The number of nitrogen functional groups attached to an aromatic ring is 1. The van der Waals surface area contributed by atoms with Crippen molar-refractivity contribution in [1.29, 1.82) is 0 Å². The van der Waals surface area contributed by atoms with Gasteiger partial charge in [0, 0.05) is 6.20 Å². The average Bonchev–Trinajstić information content (AvgIpc) is 3.49. The van der Waals surface area contributed by atoms with Crippen molar-refractivity contribution in [3.05, 3.63) is 47.7 Å². The zero-order chi connectivity index (χ0) is 27.2. The van der Waals surface area contributed by atoms with Crippen LogP contribution in [0, 0.1) is 0 Å². The van der Waals surface area contributed by atoms with Gasteiger partial charge in [-0.25, -0.2) is 9.55 Å². The van der Waals surface area contributed by atoms with Crippen LogP contribution in [0.2, 0.25) is 5.15 Å². The molecule has 4 N–H and O–H groups in total. The standard InChI is InChI=1S/C23H27ClN5O8P/c1-12(21(30)31)28-38(32,37-13-7-5-4-6-8-13)33-11-15-16-17(36-23(2,3)35-16)20(34-15)29-10-9-14-18(24)26-22(25)27-19(14)29/h4-10,12,15-17,20H,11H2,1-3H3,(H,28,32)(H,30,31)(H2,25,26,27)/t12-,15+,16+,17+,20+,38-/m0/s1. The van der Waals surface area contributed by atoms with E-state index >= 15 is 0 Å². The Bertz CT molecular complexity index is 1390. The summed E-state index contributed by atoms with van der Waals surface area (Å²) < 4.78 is 45.2. The molecule has 4 heterocycles. The van der Waals surface area contributed by atoms with E-state index in [4.69, 9.17) is 40.6 Å². The molecule has 15 heteroatoms. The van der Waals surface area contributed by atoms with Crippen LogP contribution < -0.4 is 15.3 Å². The second-order valence-electron chi connectivity index (χ2n) is 9.35. The van der Waals surface area contributed by atoms with Crippen LogP contribution in [0.1, 0.15) is 27.0 Å². The van der Waals surface area contributed by atoms with Crippen molar-refractivity contribution in [2.45, 2.75) is 57.1 Å². The number of hydrogen-bond acceptors (Lipinski definition) is 10. The Kier molecular flexibility index (Phi) is 7.12.